The normalized spacial score (nSPS) is 16.6. The predicted molar refractivity (Wildman–Crippen MR) is 80.7 cm³/mol. The zero-order chi connectivity index (χ0) is 14.4. The van der Waals surface area contributed by atoms with Gasteiger partial charge in [0.1, 0.15) is 11.6 Å². The van der Waals surface area contributed by atoms with E-state index in [1.54, 1.807) is 0 Å². The molecule has 0 saturated carbocycles. The molecule has 1 fully saturated rings. The highest BCUT2D eigenvalue weighted by molar-refractivity contribution is 9.10. The van der Waals surface area contributed by atoms with E-state index < -0.39 is 11.6 Å². The monoisotopic (exact) mass is 346 g/mol. The summed E-state index contributed by atoms with van der Waals surface area (Å²) in [5.74, 6) is -0.999. The van der Waals surface area contributed by atoms with Crippen molar-refractivity contribution in [1.82, 2.24) is 10.2 Å². The lowest BCUT2D eigenvalue weighted by Gasteiger charge is -2.26. The SMILES string of the molecule is Fc1cc(Br)cc(F)c1CNCCCN1CCCCC1. The Morgan fingerprint density at radius 3 is 2.40 bits per heavy atom. The van der Waals surface area contributed by atoms with Gasteiger partial charge in [-0.3, -0.25) is 0 Å². The third kappa shape index (κ3) is 4.79. The molecule has 20 heavy (non-hydrogen) atoms. The van der Waals surface area contributed by atoms with Crippen LogP contribution in [0.1, 0.15) is 31.2 Å². The number of halogens is 3. The van der Waals surface area contributed by atoms with Gasteiger partial charge in [-0.05, 0) is 57.6 Å². The first-order chi connectivity index (χ1) is 9.66. The maximum Gasteiger partial charge on any atom is 0.131 e. The van der Waals surface area contributed by atoms with Gasteiger partial charge < -0.3 is 10.2 Å². The molecule has 0 amide bonds. The van der Waals surface area contributed by atoms with Crippen LogP contribution in [0.5, 0.6) is 0 Å². The smallest absolute Gasteiger partial charge is 0.131 e. The number of likely N-dealkylation sites (tertiary alicyclic amines) is 1. The number of hydrogen-bond acceptors (Lipinski definition) is 2. The third-order valence-electron chi connectivity index (χ3n) is 3.68. The Hall–Kier alpha value is -0.520. The van der Waals surface area contributed by atoms with Crippen LogP contribution < -0.4 is 5.32 Å². The topological polar surface area (TPSA) is 15.3 Å². The molecule has 1 aliphatic rings. The number of hydrogen-bond donors (Lipinski definition) is 1. The van der Waals surface area contributed by atoms with Crippen molar-refractivity contribution in [2.45, 2.75) is 32.2 Å². The first kappa shape index (κ1) is 15.9. The summed E-state index contributed by atoms with van der Waals surface area (Å²) in [4.78, 5) is 2.46. The van der Waals surface area contributed by atoms with E-state index in [-0.39, 0.29) is 12.1 Å². The lowest BCUT2D eigenvalue weighted by atomic mass is 10.1. The summed E-state index contributed by atoms with van der Waals surface area (Å²) in [6, 6.07) is 2.60. The van der Waals surface area contributed by atoms with Gasteiger partial charge >= 0.3 is 0 Å². The summed E-state index contributed by atoms with van der Waals surface area (Å²) in [6.45, 7) is 4.47. The molecule has 2 rings (SSSR count). The van der Waals surface area contributed by atoms with Gasteiger partial charge in [0.2, 0.25) is 0 Å². The first-order valence-corrected chi connectivity index (χ1v) is 8.02. The number of rotatable bonds is 6. The fourth-order valence-electron chi connectivity index (χ4n) is 2.57. The van der Waals surface area contributed by atoms with Crippen molar-refractivity contribution in [3.63, 3.8) is 0 Å². The Labute approximate surface area is 127 Å². The van der Waals surface area contributed by atoms with Crippen molar-refractivity contribution in [3.05, 3.63) is 33.8 Å². The van der Waals surface area contributed by atoms with Crippen LogP contribution in [-0.4, -0.2) is 31.1 Å². The van der Waals surface area contributed by atoms with Crippen LogP contribution in [0.2, 0.25) is 0 Å². The van der Waals surface area contributed by atoms with Gasteiger partial charge in [-0.25, -0.2) is 8.78 Å². The average Bonchev–Trinajstić information content (AvgIpc) is 2.42. The molecule has 1 aromatic rings. The fourth-order valence-corrected chi connectivity index (χ4v) is 2.97. The minimum atomic E-state index is -0.500. The van der Waals surface area contributed by atoms with E-state index in [0.717, 1.165) is 19.5 Å². The quantitative estimate of drug-likeness (QED) is 0.790. The minimum absolute atomic E-state index is 0.117. The molecular weight excluding hydrogens is 326 g/mol. The van der Waals surface area contributed by atoms with E-state index >= 15 is 0 Å². The first-order valence-electron chi connectivity index (χ1n) is 7.23. The van der Waals surface area contributed by atoms with Crippen molar-refractivity contribution in [2.75, 3.05) is 26.2 Å². The molecule has 1 aliphatic heterocycles. The molecule has 1 heterocycles. The van der Waals surface area contributed by atoms with E-state index in [9.17, 15) is 8.78 Å². The Bertz CT molecular complexity index is 411. The molecular formula is C15H21BrF2N2. The number of nitrogens with zero attached hydrogens (tertiary/aromatic N) is 1. The molecule has 0 spiro atoms. The Kier molecular flexibility index (Phi) is 6.39. The molecule has 1 aromatic carbocycles. The van der Waals surface area contributed by atoms with Crippen LogP contribution >= 0.6 is 15.9 Å². The number of nitrogens with one attached hydrogen (secondary N) is 1. The summed E-state index contributed by atoms with van der Waals surface area (Å²) in [7, 11) is 0. The lowest BCUT2D eigenvalue weighted by molar-refractivity contribution is 0.225. The Morgan fingerprint density at radius 2 is 1.75 bits per heavy atom. The van der Waals surface area contributed by atoms with Gasteiger partial charge in [0.15, 0.2) is 0 Å². The summed E-state index contributed by atoms with van der Waals surface area (Å²) in [6.07, 6.45) is 4.95. The van der Waals surface area contributed by atoms with Gasteiger partial charge in [0.05, 0.1) is 0 Å². The molecule has 1 saturated heterocycles. The van der Waals surface area contributed by atoms with Crippen LogP contribution in [0.15, 0.2) is 16.6 Å². The summed E-state index contributed by atoms with van der Waals surface area (Å²) >= 11 is 3.08. The van der Waals surface area contributed by atoms with Crippen molar-refractivity contribution in [2.24, 2.45) is 0 Å². The van der Waals surface area contributed by atoms with Crippen molar-refractivity contribution >= 4 is 15.9 Å². The largest absolute Gasteiger partial charge is 0.312 e. The molecule has 0 unspecified atom stereocenters. The van der Waals surface area contributed by atoms with Crippen LogP contribution in [0, 0.1) is 11.6 Å². The second kappa shape index (κ2) is 8.05. The molecule has 112 valence electrons. The maximum absolute atomic E-state index is 13.6. The van der Waals surface area contributed by atoms with Gasteiger partial charge in [-0.1, -0.05) is 22.4 Å². The van der Waals surface area contributed by atoms with Crippen LogP contribution in [0.3, 0.4) is 0 Å². The third-order valence-corrected chi connectivity index (χ3v) is 4.14. The molecule has 0 aliphatic carbocycles. The van der Waals surface area contributed by atoms with E-state index in [0.29, 0.717) is 4.47 Å². The molecule has 0 aromatic heterocycles. The minimum Gasteiger partial charge on any atom is -0.312 e. The zero-order valence-corrected chi connectivity index (χ0v) is 13.2. The zero-order valence-electron chi connectivity index (χ0n) is 11.6. The lowest BCUT2D eigenvalue weighted by Crippen LogP contribution is -2.32. The van der Waals surface area contributed by atoms with Gasteiger partial charge in [0.25, 0.3) is 0 Å². The molecule has 0 bridgehead atoms. The predicted octanol–water partition coefficient (Wildman–Crippen LogP) is 3.69. The highest BCUT2D eigenvalue weighted by Crippen LogP contribution is 2.19. The maximum atomic E-state index is 13.6. The van der Waals surface area contributed by atoms with Crippen LogP contribution in [-0.2, 0) is 6.54 Å². The Balaban J connectivity index is 1.68. The molecule has 0 radical (unpaired) electrons. The number of benzene rings is 1. The van der Waals surface area contributed by atoms with Crippen molar-refractivity contribution in [3.8, 4) is 0 Å². The van der Waals surface area contributed by atoms with E-state index in [1.807, 2.05) is 0 Å². The van der Waals surface area contributed by atoms with Crippen molar-refractivity contribution < 1.29 is 8.78 Å². The van der Waals surface area contributed by atoms with Gasteiger partial charge in [-0.2, -0.15) is 0 Å². The van der Waals surface area contributed by atoms with E-state index in [1.165, 1.54) is 44.5 Å². The molecule has 0 atom stereocenters. The Morgan fingerprint density at radius 1 is 1.10 bits per heavy atom. The van der Waals surface area contributed by atoms with Crippen LogP contribution in [0.4, 0.5) is 8.78 Å². The van der Waals surface area contributed by atoms with E-state index in [4.69, 9.17) is 0 Å². The highest BCUT2D eigenvalue weighted by Gasteiger charge is 2.11. The van der Waals surface area contributed by atoms with Gasteiger partial charge in [-0.15, -0.1) is 0 Å². The second-order valence-corrected chi connectivity index (χ2v) is 6.20. The molecule has 5 heteroatoms. The highest BCUT2D eigenvalue weighted by atomic mass is 79.9. The summed E-state index contributed by atoms with van der Waals surface area (Å²) < 4.78 is 27.6. The molecule has 1 N–H and O–H groups in total. The van der Waals surface area contributed by atoms with Crippen LogP contribution in [0.25, 0.3) is 0 Å². The standard InChI is InChI=1S/C15H21BrF2N2/c16-12-9-14(17)13(15(18)10-12)11-19-5-4-8-20-6-2-1-3-7-20/h9-10,19H,1-8,11H2. The summed E-state index contributed by atoms with van der Waals surface area (Å²) in [5.41, 5.74) is 0.117. The number of piperidine rings is 1. The molecule has 2 nitrogen and oxygen atoms in total. The second-order valence-electron chi connectivity index (χ2n) is 5.28. The van der Waals surface area contributed by atoms with E-state index in [2.05, 4.69) is 26.1 Å². The van der Waals surface area contributed by atoms with Gasteiger partial charge in [0, 0.05) is 16.6 Å². The summed E-state index contributed by atoms with van der Waals surface area (Å²) in [5, 5.41) is 3.12. The fraction of sp³-hybridized carbons (Fsp3) is 0.600. The average molecular weight is 347 g/mol. The van der Waals surface area contributed by atoms with Crippen molar-refractivity contribution in [1.29, 1.82) is 0 Å².